The van der Waals surface area contributed by atoms with E-state index in [0.29, 0.717) is 17.2 Å². The Morgan fingerprint density at radius 2 is 1.94 bits per heavy atom. The van der Waals surface area contributed by atoms with Crippen LogP contribution < -0.4 is 4.74 Å². The van der Waals surface area contributed by atoms with Gasteiger partial charge in [0.25, 0.3) is 5.78 Å². The number of Topliss-reactive ketones (excluding diaryl/α,β-unsaturated/α-hetero) is 1. The quantitative estimate of drug-likeness (QED) is 0.469. The molecule has 0 saturated carbocycles. The van der Waals surface area contributed by atoms with E-state index < -0.39 is 11.8 Å². The minimum Gasteiger partial charge on any atom is -0.496 e. The van der Waals surface area contributed by atoms with E-state index in [-0.39, 0.29) is 12.2 Å². The van der Waals surface area contributed by atoms with Crippen LogP contribution in [-0.4, -0.2) is 25.5 Å². The van der Waals surface area contributed by atoms with Crippen molar-refractivity contribution in [1.82, 2.24) is 0 Å². The number of benzene rings is 1. The normalized spacial score (nSPS) is 10.0. The van der Waals surface area contributed by atoms with Gasteiger partial charge in [0.2, 0.25) is 0 Å². The highest BCUT2D eigenvalue weighted by Gasteiger charge is 2.23. The molecule has 0 heterocycles. The van der Waals surface area contributed by atoms with E-state index in [1.165, 1.54) is 13.2 Å². The second-order valence-electron chi connectivity index (χ2n) is 3.55. The van der Waals surface area contributed by atoms with Crippen molar-refractivity contribution in [3.63, 3.8) is 0 Å². The van der Waals surface area contributed by atoms with Gasteiger partial charge < -0.3 is 9.47 Å². The van der Waals surface area contributed by atoms with Gasteiger partial charge in [-0.3, -0.25) is 4.79 Å². The summed E-state index contributed by atoms with van der Waals surface area (Å²) in [6.07, 6.45) is 0.646. The standard InChI is InChI=1S/C13H15ClO4/c1-4-8-6-9(14)7-10(12(8)17-3)11(15)13(16)18-5-2/h6-7H,4-5H2,1-3H3. The largest absolute Gasteiger partial charge is 0.496 e. The van der Waals surface area contributed by atoms with Gasteiger partial charge in [-0.15, -0.1) is 0 Å². The van der Waals surface area contributed by atoms with Crippen molar-refractivity contribution >= 4 is 23.4 Å². The van der Waals surface area contributed by atoms with Crippen LogP contribution in [-0.2, 0) is 16.0 Å². The number of carbonyl (C=O) groups is 2. The number of esters is 1. The molecule has 0 atom stereocenters. The van der Waals surface area contributed by atoms with Crippen LogP contribution in [0.25, 0.3) is 0 Å². The van der Waals surface area contributed by atoms with Crippen molar-refractivity contribution in [2.24, 2.45) is 0 Å². The van der Waals surface area contributed by atoms with E-state index in [9.17, 15) is 9.59 Å². The van der Waals surface area contributed by atoms with Crippen LogP contribution in [0.15, 0.2) is 12.1 Å². The fourth-order valence-electron chi connectivity index (χ4n) is 1.63. The predicted octanol–water partition coefficient (Wildman–Crippen LogP) is 2.66. The number of halogens is 1. The second-order valence-corrected chi connectivity index (χ2v) is 3.99. The SMILES string of the molecule is CCOC(=O)C(=O)c1cc(Cl)cc(CC)c1OC. The topological polar surface area (TPSA) is 52.6 Å². The molecule has 98 valence electrons. The number of ketones is 1. The number of carbonyl (C=O) groups excluding carboxylic acids is 2. The first kappa shape index (κ1) is 14.5. The summed E-state index contributed by atoms with van der Waals surface area (Å²) in [5.74, 6) is -1.27. The van der Waals surface area contributed by atoms with E-state index in [1.807, 2.05) is 6.92 Å². The summed E-state index contributed by atoms with van der Waals surface area (Å²) in [6, 6.07) is 3.13. The molecule has 0 N–H and O–H groups in total. The predicted molar refractivity (Wildman–Crippen MR) is 68.3 cm³/mol. The van der Waals surface area contributed by atoms with Crippen LogP contribution in [0.3, 0.4) is 0 Å². The molecule has 1 aromatic carbocycles. The lowest BCUT2D eigenvalue weighted by Crippen LogP contribution is -2.18. The lowest BCUT2D eigenvalue weighted by Gasteiger charge is -2.12. The molecule has 0 unspecified atom stereocenters. The molecule has 4 nitrogen and oxygen atoms in total. The third kappa shape index (κ3) is 3.01. The Bertz CT molecular complexity index is 468. The molecular formula is C13H15ClO4. The summed E-state index contributed by atoms with van der Waals surface area (Å²) in [5, 5.41) is 0.389. The fourth-order valence-corrected chi connectivity index (χ4v) is 1.87. The van der Waals surface area contributed by atoms with Crippen LogP contribution in [0.2, 0.25) is 5.02 Å². The zero-order chi connectivity index (χ0) is 13.7. The van der Waals surface area contributed by atoms with Crippen molar-refractivity contribution < 1.29 is 19.1 Å². The number of ether oxygens (including phenoxy) is 2. The summed E-state index contributed by atoms with van der Waals surface area (Å²) >= 11 is 5.92. The van der Waals surface area contributed by atoms with Crippen molar-refractivity contribution in [3.05, 3.63) is 28.3 Å². The molecule has 0 saturated heterocycles. The van der Waals surface area contributed by atoms with E-state index in [0.717, 1.165) is 5.56 Å². The molecule has 0 aliphatic heterocycles. The Balaban J connectivity index is 3.26. The molecular weight excluding hydrogens is 256 g/mol. The Morgan fingerprint density at radius 3 is 2.44 bits per heavy atom. The first-order chi connectivity index (χ1) is 8.54. The molecule has 0 aliphatic rings. The first-order valence-electron chi connectivity index (χ1n) is 5.62. The highest BCUT2D eigenvalue weighted by Crippen LogP contribution is 2.29. The van der Waals surface area contributed by atoms with Crippen LogP contribution in [0, 0.1) is 0 Å². The molecule has 1 rings (SSSR count). The first-order valence-corrected chi connectivity index (χ1v) is 6.00. The summed E-state index contributed by atoms with van der Waals surface area (Å²) in [7, 11) is 1.45. The van der Waals surface area contributed by atoms with E-state index in [4.69, 9.17) is 16.3 Å². The van der Waals surface area contributed by atoms with Crippen molar-refractivity contribution in [2.45, 2.75) is 20.3 Å². The third-order valence-corrected chi connectivity index (χ3v) is 2.64. The van der Waals surface area contributed by atoms with Crippen LogP contribution in [0.4, 0.5) is 0 Å². The fraction of sp³-hybridized carbons (Fsp3) is 0.385. The molecule has 0 fully saturated rings. The molecule has 18 heavy (non-hydrogen) atoms. The van der Waals surface area contributed by atoms with Gasteiger partial charge in [-0.1, -0.05) is 18.5 Å². The third-order valence-electron chi connectivity index (χ3n) is 2.42. The van der Waals surface area contributed by atoms with Gasteiger partial charge in [-0.2, -0.15) is 0 Å². The average molecular weight is 271 g/mol. The summed E-state index contributed by atoms with van der Waals surface area (Å²) in [4.78, 5) is 23.4. The molecule has 0 aromatic heterocycles. The average Bonchev–Trinajstić information content (AvgIpc) is 2.36. The molecule has 5 heteroatoms. The van der Waals surface area contributed by atoms with Gasteiger partial charge in [0.1, 0.15) is 5.75 Å². The molecule has 0 radical (unpaired) electrons. The minimum absolute atomic E-state index is 0.139. The monoisotopic (exact) mass is 270 g/mol. The molecule has 0 aliphatic carbocycles. The van der Waals surface area contributed by atoms with E-state index in [1.54, 1.807) is 13.0 Å². The molecule has 1 aromatic rings. The Labute approximate surface area is 111 Å². The molecule has 0 amide bonds. The van der Waals surface area contributed by atoms with Gasteiger partial charge in [0.05, 0.1) is 19.3 Å². The van der Waals surface area contributed by atoms with E-state index >= 15 is 0 Å². The zero-order valence-corrected chi connectivity index (χ0v) is 11.3. The highest BCUT2D eigenvalue weighted by atomic mass is 35.5. The second kappa shape index (κ2) is 6.40. The number of methoxy groups -OCH3 is 1. The maximum absolute atomic E-state index is 11.9. The highest BCUT2D eigenvalue weighted by molar-refractivity contribution is 6.42. The van der Waals surface area contributed by atoms with E-state index in [2.05, 4.69) is 4.74 Å². The summed E-state index contributed by atoms with van der Waals surface area (Å²) < 4.78 is 9.87. The van der Waals surface area contributed by atoms with Crippen molar-refractivity contribution in [3.8, 4) is 5.75 Å². The lowest BCUT2D eigenvalue weighted by atomic mass is 10.0. The van der Waals surface area contributed by atoms with Gasteiger partial charge in [0.15, 0.2) is 0 Å². The minimum atomic E-state index is -0.903. The van der Waals surface area contributed by atoms with Gasteiger partial charge in [-0.05, 0) is 31.0 Å². The number of hydrogen-bond acceptors (Lipinski definition) is 4. The maximum atomic E-state index is 11.9. The van der Waals surface area contributed by atoms with Gasteiger partial charge >= 0.3 is 5.97 Å². The Morgan fingerprint density at radius 1 is 1.28 bits per heavy atom. The number of hydrogen-bond donors (Lipinski definition) is 0. The number of rotatable bonds is 5. The van der Waals surface area contributed by atoms with Gasteiger partial charge in [-0.25, -0.2) is 4.79 Å². The molecule has 0 spiro atoms. The van der Waals surface area contributed by atoms with Crippen LogP contribution in [0.1, 0.15) is 29.8 Å². The summed E-state index contributed by atoms with van der Waals surface area (Å²) in [6.45, 7) is 3.69. The number of aryl methyl sites for hydroxylation is 1. The lowest BCUT2D eigenvalue weighted by molar-refractivity contribution is -0.137. The van der Waals surface area contributed by atoms with Crippen LogP contribution >= 0.6 is 11.6 Å². The maximum Gasteiger partial charge on any atom is 0.379 e. The zero-order valence-electron chi connectivity index (χ0n) is 10.6. The van der Waals surface area contributed by atoms with Gasteiger partial charge in [0, 0.05) is 5.02 Å². The smallest absolute Gasteiger partial charge is 0.379 e. The molecule has 0 bridgehead atoms. The van der Waals surface area contributed by atoms with Crippen molar-refractivity contribution in [2.75, 3.05) is 13.7 Å². The van der Waals surface area contributed by atoms with Crippen LogP contribution in [0.5, 0.6) is 5.75 Å². The van der Waals surface area contributed by atoms with Crippen molar-refractivity contribution in [1.29, 1.82) is 0 Å². The summed E-state index contributed by atoms with van der Waals surface area (Å²) in [5.41, 5.74) is 0.915. The Kier molecular flexibility index (Phi) is 5.16. The Hall–Kier alpha value is -1.55.